The molecule has 2 heterocycles. The SMILES string of the molecule is CO[C@H]1CN(c2cccc(C(=O)O)n2)C[C@H]1OC. The molecule has 1 N–H and O–H groups in total. The first-order valence-corrected chi connectivity index (χ1v) is 5.66. The average Bonchev–Trinajstić information content (AvgIpc) is 2.82. The second kappa shape index (κ2) is 5.32. The number of hydrogen-bond acceptors (Lipinski definition) is 5. The van der Waals surface area contributed by atoms with Gasteiger partial charge in [-0.25, -0.2) is 9.78 Å². The number of hydrogen-bond donors (Lipinski definition) is 1. The van der Waals surface area contributed by atoms with Crippen molar-refractivity contribution in [3.63, 3.8) is 0 Å². The van der Waals surface area contributed by atoms with Gasteiger partial charge in [0.25, 0.3) is 0 Å². The fourth-order valence-electron chi connectivity index (χ4n) is 2.10. The lowest BCUT2D eigenvalue weighted by Crippen LogP contribution is -2.27. The number of pyridine rings is 1. The van der Waals surface area contributed by atoms with Crippen molar-refractivity contribution in [3.05, 3.63) is 23.9 Å². The zero-order chi connectivity index (χ0) is 13.1. The van der Waals surface area contributed by atoms with E-state index in [0.717, 1.165) is 0 Å². The Morgan fingerprint density at radius 1 is 1.33 bits per heavy atom. The van der Waals surface area contributed by atoms with E-state index in [4.69, 9.17) is 14.6 Å². The molecule has 2 atom stereocenters. The molecule has 0 saturated carbocycles. The number of methoxy groups -OCH3 is 2. The summed E-state index contributed by atoms with van der Waals surface area (Å²) >= 11 is 0. The summed E-state index contributed by atoms with van der Waals surface area (Å²) in [7, 11) is 3.28. The predicted octanol–water partition coefficient (Wildman–Crippen LogP) is 0.630. The zero-order valence-electron chi connectivity index (χ0n) is 10.4. The van der Waals surface area contributed by atoms with Gasteiger partial charge in [0.15, 0.2) is 5.69 Å². The first-order valence-electron chi connectivity index (χ1n) is 5.66. The Bertz CT molecular complexity index is 426. The molecular formula is C12H16N2O4. The van der Waals surface area contributed by atoms with Gasteiger partial charge >= 0.3 is 5.97 Å². The summed E-state index contributed by atoms with van der Waals surface area (Å²) in [4.78, 5) is 17.0. The van der Waals surface area contributed by atoms with Crippen molar-refractivity contribution in [1.29, 1.82) is 0 Å². The van der Waals surface area contributed by atoms with E-state index < -0.39 is 5.97 Å². The van der Waals surface area contributed by atoms with Crippen LogP contribution in [0.15, 0.2) is 18.2 Å². The van der Waals surface area contributed by atoms with Gasteiger partial charge in [0.1, 0.15) is 18.0 Å². The van der Waals surface area contributed by atoms with Crippen LogP contribution < -0.4 is 4.90 Å². The minimum Gasteiger partial charge on any atom is -0.477 e. The first-order chi connectivity index (χ1) is 8.65. The molecule has 0 radical (unpaired) electrons. The van der Waals surface area contributed by atoms with E-state index in [1.807, 2.05) is 4.90 Å². The minimum atomic E-state index is -1.03. The molecule has 1 saturated heterocycles. The molecule has 1 aliphatic heterocycles. The van der Waals surface area contributed by atoms with Crippen LogP contribution in [0.25, 0.3) is 0 Å². The van der Waals surface area contributed by atoms with Crippen LogP contribution in [0.4, 0.5) is 5.82 Å². The summed E-state index contributed by atoms with van der Waals surface area (Å²) < 4.78 is 10.7. The number of rotatable bonds is 4. The summed E-state index contributed by atoms with van der Waals surface area (Å²) in [6.07, 6.45) is -0.0458. The standard InChI is InChI=1S/C12H16N2O4/c1-17-9-6-14(7-10(9)18-2)11-5-3-4-8(13-11)12(15)16/h3-5,9-10H,6-7H2,1-2H3,(H,15,16)/t9-,10+. The van der Waals surface area contributed by atoms with Gasteiger partial charge in [0.2, 0.25) is 0 Å². The van der Waals surface area contributed by atoms with Crippen molar-refractivity contribution >= 4 is 11.8 Å². The predicted molar refractivity (Wildman–Crippen MR) is 65.0 cm³/mol. The second-order valence-electron chi connectivity index (χ2n) is 4.14. The van der Waals surface area contributed by atoms with Crippen LogP contribution in [0.3, 0.4) is 0 Å². The van der Waals surface area contributed by atoms with Crippen LogP contribution in [0, 0.1) is 0 Å². The van der Waals surface area contributed by atoms with Gasteiger partial charge in [0.05, 0.1) is 0 Å². The van der Waals surface area contributed by atoms with Gasteiger partial charge in [-0.2, -0.15) is 0 Å². The number of carbonyl (C=O) groups is 1. The zero-order valence-corrected chi connectivity index (χ0v) is 10.4. The maximum absolute atomic E-state index is 10.9. The average molecular weight is 252 g/mol. The Morgan fingerprint density at radius 2 is 1.94 bits per heavy atom. The molecule has 18 heavy (non-hydrogen) atoms. The smallest absolute Gasteiger partial charge is 0.354 e. The third-order valence-corrected chi connectivity index (χ3v) is 3.10. The molecule has 0 aromatic carbocycles. The second-order valence-corrected chi connectivity index (χ2v) is 4.14. The van der Waals surface area contributed by atoms with Crippen LogP contribution >= 0.6 is 0 Å². The lowest BCUT2D eigenvalue weighted by molar-refractivity contribution is -0.00461. The Labute approximate surface area is 105 Å². The number of anilines is 1. The highest BCUT2D eigenvalue weighted by molar-refractivity contribution is 5.85. The molecule has 98 valence electrons. The van der Waals surface area contributed by atoms with E-state index in [9.17, 15) is 4.79 Å². The number of nitrogens with zero attached hydrogens (tertiary/aromatic N) is 2. The van der Waals surface area contributed by atoms with Gasteiger partial charge in [-0.1, -0.05) is 6.07 Å². The normalized spacial score (nSPS) is 23.3. The Balaban J connectivity index is 2.18. The Hall–Kier alpha value is -1.66. The molecule has 1 aromatic rings. The van der Waals surface area contributed by atoms with Crippen LogP contribution in [0.2, 0.25) is 0 Å². The third kappa shape index (κ3) is 2.44. The molecule has 1 fully saturated rings. The van der Waals surface area contributed by atoms with Gasteiger partial charge < -0.3 is 19.5 Å². The monoisotopic (exact) mass is 252 g/mol. The highest BCUT2D eigenvalue weighted by Gasteiger charge is 2.33. The number of aromatic nitrogens is 1. The quantitative estimate of drug-likeness (QED) is 0.847. The van der Waals surface area contributed by atoms with Crippen LogP contribution in [-0.4, -0.2) is 55.6 Å². The van der Waals surface area contributed by atoms with Gasteiger partial charge in [-0.05, 0) is 12.1 Å². The molecule has 1 aliphatic rings. The molecule has 0 aliphatic carbocycles. The first kappa shape index (κ1) is 12.8. The van der Waals surface area contributed by atoms with Crippen molar-refractivity contribution in [2.45, 2.75) is 12.2 Å². The van der Waals surface area contributed by atoms with Crippen LogP contribution in [0.5, 0.6) is 0 Å². The van der Waals surface area contributed by atoms with E-state index in [0.29, 0.717) is 18.9 Å². The summed E-state index contributed by atoms with van der Waals surface area (Å²) in [6, 6.07) is 4.95. The molecule has 1 aromatic heterocycles. The molecule has 0 unspecified atom stereocenters. The molecule has 0 amide bonds. The molecule has 0 bridgehead atoms. The van der Waals surface area contributed by atoms with Crippen molar-refractivity contribution < 1.29 is 19.4 Å². The van der Waals surface area contributed by atoms with Crippen molar-refractivity contribution in [2.24, 2.45) is 0 Å². The topological polar surface area (TPSA) is 71.9 Å². The van der Waals surface area contributed by atoms with E-state index in [1.165, 1.54) is 6.07 Å². The number of aromatic carboxylic acids is 1. The highest BCUT2D eigenvalue weighted by atomic mass is 16.5. The lowest BCUT2D eigenvalue weighted by Gasteiger charge is -2.16. The van der Waals surface area contributed by atoms with Gasteiger partial charge in [0, 0.05) is 27.3 Å². The maximum Gasteiger partial charge on any atom is 0.354 e. The summed E-state index contributed by atoms with van der Waals surface area (Å²) in [5, 5.41) is 8.92. The molecule has 6 nitrogen and oxygen atoms in total. The summed E-state index contributed by atoms with van der Waals surface area (Å²) in [6.45, 7) is 1.29. The van der Waals surface area contributed by atoms with E-state index in [1.54, 1.807) is 26.4 Å². The fraction of sp³-hybridized carbons (Fsp3) is 0.500. The van der Waals surface area contributed by atoms with Crippen molar-refractivity contribution in [2.75, 3.05) is 32.2 Å². The largest absolute Gasteiger partial charge is 0.477 e. The van der Waals surface area contributed by atoms with Crippen molar-refractivity contribution in [3.8, 4) is 0 Å². The Morgan fingerprint density at radius 3 is 2.44 bits per heavy atom. The molecule has 6 heteroatoms. The maximum atomic E-state index is 10.9. The molecule has 2 rings (SSSR count). The van der Waals surface area contributed by atoms with E-state index >= 15 is 0 Å². The lowest BCUT2D eigenvalue weighted by atomic mass is 10.3. The fourth-order valence-corrected chi connectivity index (χ4v) is 2.10. The van der Waals surface area contributed by atoms with Crippen LogP contribution in [-0.2, 0) is 9.47 Å². The Kier molecular flexibility index (Phi) is 3.78. The highest BCUT2D eigenvalue weighted by Crippen LogP contribution is 2.21. The summed E-state index contributed by atoms with van der Waals surface area (Å²) in [5.74, 6) is -0.390. The van der Waals surface area contributed by atoms with Gasteiger partial charge in [-0.3, -0.25) is 0 Å². The van der Waals surface area contributed by atoms with Gasteiger partial charge in [-0.15, -0.1) is 0 Å². The number of ether oxygens (including phenoxy) is 2. The molecular weight excluding hydrogens is 236 g/mol. The summed E-state index contributed by atoms with van der Waals surface area (Å²) in [5.41, 5.74) is 0.0438. The number of carboxylic acid groups (broad SMARTS) is 1. The minimum absolute atomic E-state index is 0.0229. The molecule has 0 spiro atoms. The van der Waals surface area contributed by atoms with E-state index in [2.05, 4.69) is 4.98 Å². The third-order valence-electron chi connectivity index (χ3n) is 3.10. The van der Waals surface area contributed by atoms with E-state index in [-0.39, 0.29) is 17.9 Å². The van der Waals surface area contributed by atoms with Crippen molar-refractivity contribution in [1.82, 2.24) is 4.98 Å². The van der Waals surface area contributed by atoms with Crippen LogP contribution in [0.1, 0.15) is 10.5 Å². The number of carboxylic acids is 1.